The molecule has 2 rings (SSSR count). The molecule has 0 aromatic heterocycles. The van der Waals surface area contributed by atoms with Crippen LogP contribution in [0.3, 0.4) is 0 Å². The van der Waals surface area contributed by atoms with Gasteiger partial charge < -0.3 is 5.32 Å². The standard InChI is InChI=1S/C11H21N/c1-11(2)7-10(8-11)12-9-5-3-4-6-9/h9-10,12H,3-8H2,1-2H3. The Kier molecular flexibility index (Phi) is 2.16. The summed E-state index contributed by atoms with van der Waals surface area (Å²) >= 11 is 0. The van der Waals surface area contributed by atoms with Crippen LogP contribution in [0.4, 0.5) is 0 Å². The summed E-state index contributed by atoms with van der Waals surface area (Å²) < 4.78 is 0. The molecule has 2 aliphatic carbocycles. The number of hydrogen-bond donors (Lipinski definition) is 1. The Hall–Kier alpha value is -0.0400. The first-order valence-electron chi connectivity index (χ1n) is 5.42. The van der Waals surface area contributed by atoms with Gasteiger partial charge in [0.25, 0.3) is 0 Å². The highest BCUT2D eigenvalue weighted by Crippen LogP contribution is 2.40. The Morgan fingerprint density at radius 3 is 2.08 bits per heavy atom. The molecule has 0 aliphatic heterocycles. The van der Waals surface area contributed by atoms with E-state index in [4.69, 9.17) is 0 Å². The molecule has 1 nitrogen and oxygen atoms in total. The highest BCUT2D eigenvalue weighted by atomic mass is 15.0. The Labute approximate surface area is 75.9 Å². The van der Waals surface area contributed by atoms with Crippen LogP contribution >= 0.6 is 0 Å². The smallest absolute Gasteiger partial charge is 0.00798 e. The van der Waals surface area contributed by atoms with E-state index in [-0.39, 0.29) is 0 Å². The first kappa shape index (κ1) is 8.55. The van der Waals surface area contributed by atoms with Crippen LogP contribution in [0.25, 0.3) is 0 Å². The fourth-order valence-electron chi connectivity index (χ4n) is 2.82. The van der Waals surface area contributed by atoms with E-state index >= 15 is 0 Å². The van der Waals surface area contributed by atoms with Crippen molar-refractivity contribution in [3.05, 3.63) is 0 Å². The van der Waals surface area contributed by atoms with E-state index in [1.54, 1.807) is 0 Å². The molecule has 2 saturated carbocycles. The Morgan fingerprint density at radius 1 is 1.00 bits per heavy atom. The lowest BCUT2D eigenvalue weighted by atomic mass is 9.68. The zero-order valence-corrected chi connectivity index (χ0v) is 8.40. The van der Waals surface area contributed by atoms with Crippen molar-refractivity contribution in [2.75, 3.05) is 0 Å². The van der Waals surface area contributed by atoms with Crippen LogP contribution in [-0.2, 0) is 0 Å². The van der Waals surface area contributed by atoms with E-state index in [1.807, 2.05) is 0 Å². The van der Waals surface area contributed by atoms with E-state index in [1.165, 1.54) is 38.5 Å². The summed E-state index contributed by atoms with van der Waals surface area (Å²) in [6.45, 7) is 4.75. The summed E-state index contributed by atoms with van der Waals surface area (Å²) in [5, 5.41) is 3.77. The largest absolute Gasteiger partial charge is 0.311 e. The SMILES string of the molecule is CC1(C)CC(NC2CCCC2)C1. The quantitative estimate of drug-likeness (QED) is 0.667. The van der Waals surface area contributed by atoms with Crippen LogP contribution in [0.15, 0.2) is 0 Å². The maximum Gasteiger partial charge on any atom is 0.00798 e. The predicted octanol–water partition coefficient (Wildman–Crippen LogP) is 2.71. The Morgan fingerprint density at radius 2 is 1.58 bits per heavy atom. The van der Waals surface area contributed by atoms with Crippen LogP contribution in [0, 0.1) is 5.41 Å². The Balaban J connectivity index is 1.69. The van der Waals surface area contributed by atoms with Gasteiger partial charge in [-0.2, -0.15) is 0 Å². The zero-order chi connectivity index (χ0) is 8.60. The fourth-order valence-corrected chi connectivity index (χ4v) is 2.82. The summed E-state index contributed by atoms with van der Waals surface area (Å²) in [5.41, 5.74) is 0.635. The van der Waals surface area contributed by atoms with E-state index in [0.717, 1.165) is 12.1 Å². The molecule has 0 saturated heterocycles. The van der Waals surface area contributed by atoms with Gasteiger partial charge in [0.05, 0.1) is 0 Å². The highest BCUT2D eigenvalue weighted by molar-refractivity contribution is 4.93. The van der Waals surface area contributed by atoms with E-state index in [0.29, 0.717) is 5.41 Å². The monoisotopic (exact) mass is 167 g/mol. The molecule has 0 aromatic rings. The molecule has 2 aliphatic rings. The van der Waals surface area contributed by atoms with Crippen molar-refractivity contribution in [1.82, 2.24) is 5.32 Å². The summed E-state index contributed by atoms with van der Waals surface area (Å²) in [4.78, 5) is 0. The number of hydrogen-bond acceptors (Lipinski definition) is 1. The van der Waals surface area contributed by atoms with Crippen LogP contribution in [0.5, 0.6) is 0 Å². The molecule has 0 radical (unpaired) electrons. The first-order chi connectivity index (χ1) is 5.66. The van der Waals surface area contributed by atoms with Gasteiger partial charge in [0.2, 0.25) is 0 Å². The molecule has 1 heteroatoms. The first-order valence-corrected chi connectivity index (χ1v) is 5.42. The fraction of sp³-hybridized carbons (Fsp3) is 1.00. The zero-order valence-electron chi connectivity index (χ0n) is 8.40. The topological polar surface area (TPSA) is 12.0 Å². The van der Waals surface area contributed by atoms with Crippen molar-refractivity contribution >= 4 is 0 Å². The van der Waals surface area contributed by atoms with Gasteiger partial charge in [-0.15, -0.1) is 0 Å². The molecule has 0 atom stereocenters. The van der Waals surface area contributed by atoms with Gasteiger partial charge in [-0.05, 0) is 31.1 Å². The maximum atomic E-state index is 3.77. The average Bonchev–Trinajstić information content (AvgIpc) is 2.35. The van der Waals surface area contributed by atoms with Crippen molar-refractivity contribution in [3.63, 3.8) is 0 Å². The Bertz CT molecular complexity index is 148. The second kappa shape index (κ2) is 3.02. The second-order valence-electron chi connectivity index (χ2n) is 5.42. The number of rotatable bonds is 2. The van der Waals surface area contributed by atoms with Crippen molar-refractivity contribution in [2.45, 2.75) is 64.5 Å². The predicted molar refractivity (Wildman–Crippen MR) is 52.2 cm³/mol. The molecule has 0 bridgehead atoms. The lowest BCUT2D eigenvalue weighted by Crippen LogP contribution is -2.49. The van der Waals surface area contributed by atoms with Gasteiger partial charge in [-0.25, -0.2) is 0 Å². The summed E-state index contributed by atoms with van der Waals surface area (Å²) in [6, 6.07) is 1.72. The highest BCUT2D eigenvalue weighted by Gasteiger charge is 2.36. The molecule has 0 aromatic carbocycles. The van der Waals surface area contributed by atoms with Gasteiger partial charge in [-0.3, -0.25) is 0 Å². The number of nitrogens with one attached hydrogen (secondary N) is 1. The molecule has 0 spiro atoms. The van der Waals surface area contributed by atoms with Gasteiger partial charge in [-0.1, -0.05) is 26.7 Å². The van der Waals surface area contributed by atoms with E-state index in [2.05, 4.69) is 19.2 Å². The van der Waals surface area contributed by atoms with Crippen LogP contribution < -0.4 is 5.32 Å². The third-order valence-corrected chi connectivity index (χ3v) is 3.42. The second-order valence-corrected chi connectivity index (χ2v) is 5.42. The van der Waals surface area contributed by atoms with Crippen molar-refractivity contribution in [2.24, 2.45) is 5.41 Å². The molecule has 70 valence electrons. The van der Waals surface area contributed by atoms with Crippen molar-refractivity contribution in [1.29, 1.82) is 0 Å². The molecule has 0 heterocycles. The normalized spacial score (nSPS) is 30.5. The van der Waals surface area contributed by atoms with E-state index < -0.39 is 0 Å². The van der Waals surface area contributed by atoms with Crippen LogP contribution in [0.2, 0.25) is 0 Å². The molecule has 1 N–H and O–H groups in total. The lowest BCUT2D eigenvalue weighted by Gasteiger charge is -2.44. The minimum atomic E-state index is 0.635. The maximum absolute atomic E-state index is 3.77. The van der Waals surface area contributed by atoms with Crippen LogP contribution in [-0.4, -0.2) is 12.1 Å². The summed E-state index contributed by atoms with van der Waals surface area (Å²) in [7, 11) is 0. The van der Waals surface area contributed by atoms with Crippen molar-refractivity contribution in [3.8, 4) is 0 Å². The third kappa shape index (κ3) is 1.82. The summed E-state index contributed by atoms with van der Waals surface area (Å²) in [5.74, 6) is 0. The summed E-state index contributed by atoms with van der Waals surface area (Å²) in [6.07, 6.45) is 8.54. The van der Waals surface area contributed by atoms with Gasteiger partial charge in [0.1, 0.15) is 0 Å². The molecule has 0 unspecified atom stereocenters. The van der Waals surface area contributed by atoms with E-state index in [9.17, 15) is 0 Å². The molecule has 12 heavy (non-hydrogen) atoms. The minimum absolute atomic E-state index is 0.635. The lowest BCUT2D eigenvalue weighted by molar-refractivity contribution is 0.117. The minimum Gasteiger partial charge on any atom is -0.311 e. The average molecular weight is 167 g/mol. The van der Waals surface area contributed by atoms with Gasteiger partial charge in [0, 0.05) is 12.1 Å². The molecule has 2 fully saturated rings. The van der Waals surface area contributed by atoms with Gasteiger partial charge in [0.15, 0.2) is 0 Å². The van der Waals surface area contributed by atoms with Crippen molar-refractivity contribution < 1.29 is 0 Å². The third-order valence-electron chi connectivity index (χ3n) is 3.42. The van der Waals surface area contributed by atoms with Crippen LogP contribution in [0.1, 0.15) is 52.4 Å². The molecule has 0 amide bonds. The van der Waals surface area contributed by atoms with Gasteiger partial charge >= 0.3 is 0 Å². The molecular weight excluding hydrogens is 146 g/mol. The molecular formula is C11H21N.